The summed E-state index contributed by atoms with van der Waals surface area (Å²) in [6, 6.07) is 25.5. The molecule has 0 fully saturated rings. The van der Waals surface area contributed by atoms with Crippen LogP contribution in [0.1, 0.15) is 107 Å². The van der Waals surface area contributed by atoms with Crippen molar-refractivity contribution in [1.29, 1.82) is 0 Å². The molecule has 212 valence electrons. The van der Waals surface area contributed by atoms with E-state index in [1.54, 1.807) is 0 Å². The van der Waals surface area contributed by atoms with Gasteiger partial charge >= 0.3 is 0 Å². The lowest BCUT2D eigenvalue weighted by molar-refractivity contribution is 0.0977. The monoisotopic (exact) mass is 552 g/mol. The van der Waals surface area contributed by atoms with E-state index in [1.807, 2.05) is 24.3 Å². The molecule has 5 aromatic carbocycles. The van der Waals surface area contributed by atoms with Crippen molar-refractivity contribution in [3.8, 4) is 11.1 Å². The summed E-state index contributed by atoms with van der Waals surface area (Å²) in [4.78, 5) is 28.3. The first-order chi connectivity index (χ1) is 20.5. The van der Waals surface area contributed by atoms with Crippen LogP contribution in [-0.4, -0.2) is 11.6 Å². The lowest BCUT2D eigenvalue weighted by atomic mass is 9.74. The Hall–Kier alpha value is -4.04. The average Bonchev–Trinajstić information content (AvgIpc) is 3.01. The highest BCUT2D eigenvalue weighted by atomic mass is 16.1. The maximum atomic E-state index is 14.3. The average molecular weight is 553 g/mol. The maximum Gasteiger partial charge on any atom is 0.194 e. The van der Waals surface area contributed by atoms with Gasteiger partial charge in [0.2, 0.25) is 0 Å². The Morgan fingerprint density at radius 1 is 0.452 bits per heavy atom. The molecule has 0 spiro atoms. The van der Waals surface area contributed by atoms with Crippen LogP contribution >= 0.6 is 0 Å². The van der Waals surface area contributed by atoms with Gasteiger partial charge in [0.1, 0.15) is 0 Å². The predicted octanol–water partition coefficient (Wildman–Crippen LogP) is 10.2. The minimum Gasteiger partial charge on any atom is -0.289 e. The molecule has 42 heavy (non-hydrogen) atoms. The number of rotatable bonds is 9. The Balaban J connectivity index is 1.74. The Bertz CT molecular complexity index is 1860. The molecule has 0 bridgehead atoms. The summed E-state index contributed by atoms with van der Waals surface area (Å²) in [5.74, 6) is -0.00144. The van der Waals surface area contributed by atoms with E-state index < -0.39 is 0 Å². The molecule has 2 nitrogen and oxygen atoms in total. The van der Waals surface area contributed by atoms with Gasteiger partial charge in [-0.15, -0.1) is 0 Å². The zero-order chi connectivity index (χ0) is 29.4. The number of hydrogen-bond acceptors (Lipinski definition) is 2. The fourth-order valence-corrected chi connectivity index (χ4v) is 7.13. The standard InChI is InChI=1S/C40H40O2/c1-5-13-27-23-35(29(15-7-3)34-22-26-18-10-9-17-25(26)21-33(27)34)36-24-28(14-6-2)37-38(30(36)16-8-4)40(42)32-20-12-11-19-31(32)39(37)41/h9-12,17-24H,5-8,13-16H2,1-4H3. The van der Waals surface area contributed by atoms with E-state index in [1.165, 1.54) is 38.2 Å². The van der Waals surface area contributed by atoms with Crippen molar-refractivity contribution in [1.82, 2.24) is 0 Å². The highest BCUT2D eigenvalue weighted by molar-refractivity contribution is 6.30. The number of carbonyl (C=O) groups excluding carboxylic acids is 2. The van der Waals surface area contributed by atoms with Crippen molar-refractivity contribution in [3.05, 3.63) is 117 Å². The number of hydrogen-bond donors (Lipinski definition) is 0. The van der Waals surface area contributed by atoms with E-state index in [2.05, 4.69) is 76.2 Å². The van der Waals surface area contributed by atoms with Gasteiger partial charge in [-0.25, -0.2) is 0 Å². The second-order valence-electron chi connectivity index (χ2n) is 11.8. The summed E-state index contributed by atoms with van der Waals surface area (Å²) >= 11 is 0. The van der Waals surface area contributed by atoms with Crippen LogP contribution < -0.4 is 0 Å². The minimum atomic E-state index is -0.00186. The number of ketones is 2. The number of carbonyl (C=O) groups is 2. The van der Waals surface area contributed by atoms with Crippen molar-refractivity contribution in [2.75, 3.05) is 0 Å². The molecule has 2 heteroatoms. The second kappa shape index (κ2) is 11.7. The van der Waals surface area contributed by atoms with Crippen molar-refractivity contribution >= 4 is 33.1 Å². The van der Waals surface area contributed by atoms with Gasteiger partial charge < -0.3 is 0 Å². The smallest absolute Gasteiger partial charge is 0.194 e. The first-order valence-electron chi connectivity index (χ1n) is 15.9. The van der Waals surface area contributed by atoms with Crippen LogP contribution in [-0.2, 0) is 25.7 Å². The Kier molecular flexibility index (Phi) is 7.82. The summed E-state index contributed by atoms with van der Waals surface area (Å²) in [6.07, 6.45) is 7.39. The van der Waals surface area contributed by atoms with E-state index in [0.717, 1.165) is 68.1 Å². The molecule has 6 rings (SSSR count). The fraction of sp³-hybridized carbons (Fsp3) is 0.300. The third-order valence-corrected chi connectivity index (χ3v) is 8.92. The van der Waals surface area contributed by atoms with Gasteiger partial charge in [-0.1, -0.05) is 114 Å². The molecule has 5 aromatic rings. The first kappa shape index (κ1) is 28.1. The van der Waals surface area contributed by atoms with Gasteiger partial charge in [-0.2, -0.15) is 0 Å². The maximum absolute atomic E-state index is 14.3. The molecule has 0 saturated carbocycles. The summed E-state index contributed by atoms with van der Waals surface area (Å²) in [5, 5.41) is 5.18. The molecule has 0 radical (unpaired) electrons. The Morgan fingerprint density at radius 2 is 0.929 bits per heavy atom. The summed E-state index contributed by atoms with van der Waals surface area (Å²) < 4.78 is 0. The molecule has 0 saturated heterocycles. The highest BCUT2D eigenvalue weighted by Gasteiger charge is 2.35. The molecule has 0 aliphatic heterocycles. The lowest BCUT2D eigenvalue weighted by Gasteiger charge is -2.27. The lowest BCUT2D eigenvalue weighted by Crippen LogP contribution is -2.25. The van der Waals surface area contributed by atoms with E-state index in [9.17, 15) is 9.59 Å². The molecule has 0 heterocycles. The SMILES string of the molecule is CCCc1cc(-c2cc(CCC)c3cc4ccccc4cc3c2CCC)c(CCC)c2c1C(=O)c1ccccc1C2=O. The van der Waals surface area contributed by atoms with Crippen LogP contribution in [0.15, 0.2) is 72.8 Å². The van der Waals surface area contributed by atoms with Gasteiger partial charge in [-0.3, -0.25) is 9.59 Å². The van der Waals surface area contributed by atoms with Crippen molar-refractivity contribution < 1.29 is 9.59 Å². The van der Waals surface area contributed by atoms with Crippen molar-refractivity contribution in [2.24, 2.45) is 0 Å². The number of fused-ring (bicyclic) bond motifs is 4. The summed E-state index contributed by atoms with van der Waals surface area (Å²) in [7, 11) is 0. The molecular formula is C40H40O2. The Morgan fingerprint density at radius 3 is 1.55 bits per heavy atom. The van der Waals surface area contributed by atoms with Gasteiger partial charge in [0.15, 0.2) is 11.6 Å². The Labute approximate surface area is 249 Å². The highest BCUT2D eigenvalue weighted by Crippen LogP contribution is 2.43. The van der Waals surface area contributed by atoms with Gasteiger partial charge in [0.05, 0.1) is 0 Å². The van der Waals surface area contributed by atoms with E-state index in [0.29, 0.717) is 22.3 Å². The molecule has 0 unspecified atom stereocenters. The van der Waals surface area contributed by atoms with Crippen LogP contribution in [0.3, 0.4) is 0 Å². The van der Waals surface area contributed by atoms with Crippen LogP contribution in [0.25, 0.3) is 32.7 Å². The first-order valence-corrected chi connectivity index (χ1v) is 15.9. The molecule has 0 atom stereocenters. The zero-order valence-electron chi connectivity index (χ0n) is 25.4. The zero-order valence-corrected chi connectivity index (χ0v) is 25.4. The van der Waals surface area contributed by atoms with Crippen molar-refractivity contribution in [3.63, 3.8) is 0 Å². The van der Waals surface area contributed by atoms with Crippen LogP contribution in [0.2, 0.25) is 0 Å². The topological polar surface area (TPSA) is 34.1 Å². The summed E-state index contributed by atoms with van der Waals surface area (Å²) in [6.45, 7) is 8.81. The van der Waals surface area contributed by atoms with Gasteiger partial charge in [-0.05, 0) is 92.7 Å². The van der Waals surface area contributed by atoms with E-state index in [4.69, 9.17) is 0 Å². The minimum absolute atomic E-state index is 0.000425. The van der Waals surface area contributed by atoms with Crippen LogP contribution in [0.4, 0.5) is 0 Å². The van der Waals surface area contributed by atoms with E-state index >= 15 is 0 Å². The summed E-state index contributed by atoms with van der Waals surface area (Å²) in [5.41, 5.74) is 9.53. The third kappa shape index (κ3) is 4.58. The quantitative estimate of drug-likeness (QED) is 0.167. The molecule has 0 amide bonds. The van der Waals surface area contributed by atoms with Crippen LogP contribution in [0, 0.1) is 0 Å². The third-order valence-electron chi connectivity index (χ3n) is 8.92. The second-order valence-corrected chi connectivity index (χ2v) is 11.8. The molecule has 1 aliphatic carbocycles. The van der Waals surface area contributed by atoms with Gasteiger partial charge in [0, 0.05) is 22.3 Å². The van der Waals surface area contributed by atoms with Crippen molar-refractivity contribution in [2.45, 2.75) is 79.1 Å². The number of benzene rings is 5. The molecule has 1 aliphatic rings. The molecule has 0 aromatic heterocycles. The molecular weight excluding hydrogens is 512 g/mol. The largest absolute Gasteiger partial charge is 0.289 e. The molecule has 0 N–H and O–H groups in total. The fourth-order valence-electron chi connectivity index (χ4n) is 7.13. The van der Waals surface area contributed by atoms with E-state index in [-0.39, 0.29) is 11.6 Å². The van der Waals surface area contributed by atoms with Crippen LogP contribution in [0.5, 0.6) is 0 Å². The number of aryl methyl sites for hydroxylation is 3. The van der Waals surface area contributed by atoms with Gasteiger partial charge in [0.25, 0.3) is 0 Å². The predicted molar refractivity (Wildman–Crippen MR) is 176 cm³/mol. The normalized spacial score (nSPS) is 12.7.